The summed E-state index contributed by atoms with van der Waals surface area (Å²) in [5, 5.41) is 1.48. The Morgan fingerprint density at radius 1 is 1.11 bits per heavy atom. The quantitative estimate of drug-likeness (QED) is 0.683. The summed E-state index contributed by atoms with van der Waals surface area (Å²) in [5.41, 5.74) is 8.75. The van der Waals surface area contributed by atoms with E-state index in [1.54, 1.807) is 5.56 Å². The van der Waals surface area contributed by atoms with Crippen LogP contribution in [0.3, 0.4) is 0 Å². The van der Waals surface area contributed by atoms with Crippen molar-refractivity contribution in [3.05, 3.63) is 34.0 Å². The molecule has 2 atom stereocenters. The third-order valence-corrected chi connectivity index (χ3v) is 4.85. The van der Waals surface area contributed by atoms with Crippen LogP contribution in [0.25, 0.3) is 10.9 Å². The molecule has 0 saturated carbocycles. The number of rotatable bonds is 0. The molecule has 0 aliphatic heterocycles. The zero-order valence-electron chi connectivity index (χ0n) is 12.1. The maximum atomic E-state index is 3.71. The van der Waals surface area contributed by atoms with Gasteiger partial charge in [0.05, 0.1) is 0 Å². The molecule has 0 saturated heterocycles. The molecule has 1 aliphatic carbocycles. The summed E-state index contributed by atoms with van der Waals surface area (Å²) >= 11 is 0. The molecule has 2 unspecified atom stereocenters. The fourth-order valence-corrected chi connectivity index (χ4v) is 3.71. The Kier molecular flexibility index (Phi) is 2.55. The van der Waals surface area contributed by atoms with Gasteiger partial charge in [-0.05, 0) is 73.8 Å². The van der Waals surface area contributed by atoms with E-state index in [0.717, 1.165) is 5.92 Å². The molecule has 1 aliphatic rings. The van der Waals surface area contributed by atoms with Crippen molar-refractivity contribution in [1.29, 1.82) is 0 Å². The molecule has 1 aromatic carbocycles. The summed E-state index contributed by atoms with van der Waals surface area (Å²) in [6, 6.07) is 2.39. The van der Waals surface area contributed by atoms with Crippen molar-refractivity contribution in [3.8, 4) is 0 Å². The fourth-order valence-electron chi connectivity index (χ4n) is 3.71. The summed E-state index contributed by atoms with van der Waals surface area (Å²) in [4.78, 5) is 3.71. The molecule has 1 heterocycles. The Labute approximate surface area is 110 Å². The van der Waals surface area contributed by atoms with Gasteiger partial charge in [0.15, 0.2) is 0 Å². The van der Waals surface area contributed by atoms with Crippen LogP contribution in [0.1, 0.15) is 54.1 Å². The second-order valence-electron chi connectivity index (χ2n) is 6.33. The van der Waals surface area contributed by atoms with Crippen LogP contribution >= 0.6 is 0 Å². The number of hydrogen-bond donors (Lipinski definition) is 1. The molecule has 96 valence electrons. The largest absolute Gasteiger partial charge is 0.358 e. The van der Waals surface area contributed by atoms with Crippen LogP contribution in [0.15, 0.2) is 6.07 Å². The second-order valence-corrected chi connectivity index (χ2v) is 6.33. The van der Waals surface area contributed by atoms with Gasteiger partial charge in [-0.3, -0.25) is 0 Å². The van der Waals surface area contributed by atoms with E-state index in [4.69, 9.17) is 0 Å². The number of nitrogens with one attached hydrogen (secondary N) is 1. The zero-order chi connectivity index (χ0) is 13.0. The minimum absolute atomic E-state index is 0.694. The average molecular weight is 241 g/mol. The van der Waals surface area contributed by atoms with E-state index in [1.807, 2.05) is 0 Å². The molecular formula is C17H23N. The lowest BCUT2D eigenvalue weighted by Crippen LogP contribution is -2.13. The number of aryl methyl sites for hydroxylation is 2. The molecule has 3 rings (SSSR count). The number of fused-ring (bicyclic) bond motifs is 3. The minimum atomic E-state index is 0.694. The van der Waals surface area contributed by atoms with Crippen LogP contribution in [0, 0.1) is 26.7 Å². The minimum Gasteiger partial charge on any atom is -0.358 e. The van der Waals surface area contributed by atoms with E-state index in [9.17, 15) is 0 Å². The first kappa shape index (κ1) is 11.8. The molecule has 1 nitrogen and oxygen atoms in total. The highest BCUT2D eigenvalue weighted by atomic mass is 14.7. The molecule has 18 heavy (non-hydrogen) atoms. The van der Waals surface area contributed by atoms with Crippen LogP contribution in [-0.2, 0) is 6.42 Å². The van der Waals surface area contributed by atoms with Gasteiger partial charge in [-0.1, -0.05) is 13.8 Å². The normalized spacial score (nSPS) is 23.4. The molecule has 0 radical (unpaired) electrons. The topological polar surface area (TPSA) is 15.8 Å². The molecule has 2 aromatic rings. The Morgan fingerprint density at radius 2 is 1.83 bits per heavy atom. The highest BCUT2D eigenvalue weighted by Gasteiger charge is 2.26. The average Bonchev–Trinajstić information content (AvgIpc) is 2.64. The van der Waals surface area contributed by atoms with Crippen LogP contribution in [0.4, 0.5) is 0 Å². The van der Waals surface area contributed by atoms with Gasteiger partial charge in [-0.2, -0.15) is 0 Å². The first-order valence-corrected chi connectivity index (χ1v) is 7.10. The van der Waals surface area contributed by atoms with Crippen molar-refractivity contribution < 1.29 is 0 Å². The highest BCUT2D eigenvalue weighted by Crippen LogP contribution is 2.40. The third kappa shape index (κ3) is 1.53. The van der Waals surface area contributed by atoms with Gasteiger partial charge in [0, 0.05) is 16.6 Å². The smallest absolute Gasteiger partial charge is 0.0491 e. The van der Waals surface area contributed by atoms with Crippen molar-refractivity contribution in [2.75, 3.05) is 0 Å². The number of H-pyrrole nitrogens is 1. The van der Waals surface area contributed by atoms with Crippen molar-refractivity contribution in [3.63, 3.8) is 0 Å². The molecule has 1 aromatic heterocycles. The van der Waals surface area contributed by atoms with E-state index in [2.05, 4.69) is 45.7 Å². The summed E-state index contributed by atoms with van der Waals surface area (Å²) in [6.07, 6.45) is 2.54. The van der Waals surface area contributed by atoms with Gasteiger partial charge < -0.3 is 4.98 Å². The number of aromatic nitrogens is 1. The number of benzene rings is 1. The van der Waals surface area contributed by atoms with Crippen LogP contribution in [0.5, 0.6) is 0 Å². The van der Waals surface area contributed by atoms with Gasteiger partial charge in [0.25, 0.3) is 0 Å². The van der Waals surface area contributed by atoms with Gasteiger partial charge in [0.1, 0.15) is 0 Å². The highest BCUT2D eigenvalue weighted by molar-refractivity contribution is 5.89. The van der Waals surface area contributed by atoms with Gasteiger partial charge in [-0.25, -0.2) is 0 Å². The Morgan fingerprint density at radius 3 is 2.56 bits per heavy atom. The third-order valence-electron chi connectivity index (χ3n) is 4.85. The predicted molar refractivity (Wildman–Crippen MR) is 78.4 cm³/mol. The van der Waals surface area contributed by atoms with Crippen molar-refractivity contribution in [2.24, 2.45) is 5.92 Å². The van der Waals surface area contributed by atoms with E-state index in [-0.39, 0.29) is 0 Å². The van der Waals surface area contributed by atoms with E-state index in [1.165, 1.54) is 46.1 Å². The maximum absolute atomic E-state index is 3.71. The monoisotopic (exact) mass is 241 g/mol. The Hall–Kier alpha value is -1.24. The lowest BCUT2D eigenvalue weighted by molar-refractivity contribution is 0.448. The number of aromatic amines is 1. The molecule has 1 N–H and O–H groups in total. The summed E-state index contributed by atoms with van der Waals surface area (Å²) < 4.78 is 0. The summed E-state index contributed by atoms with van der Waals surface area (Å²) in [6.45, 7) is 11.5. The SMILES string of the molecule is Cc1cc2c3c([nH]c2c(C)c1C)CC(C)CC3C. The first-order valence-electron chi connectivity index (χ1n) is 7.10. The Bertz CT molecular complexity index is 618. The molecule has 1 heteroatoms. The summed E-state index contributed by atoms with van der Waals surface area (Å²) in [7, 11) is 0. The van der Waals surface area contributed by atoms with Gasteiger partial charge >= 0.3 is 0 Å². The van der Waals surface area contributed by atoms with Gasteiger partial charge in [0.2, 0.25) is 0 Å². The fraction of sp³-hybridized carbons (Fsp3) is 0.529. The first-order chi connectivity index (χ1) is 8.49. The molecule has 0 fully saturated rings. The second kappa shape index (κ2) is 3.88. The van der Waals surface area contributed by atoms with Crippen LogP contribution in [-0.4, -0.2) is 4.98 Å². The zero-order valence-corrected chi connectivity index (χ0v) is 12.1. The molecular weight excluding hydrogens is 218 g/mol. The van der Waals surface area contributed by atoms with Crippen LogP contribution in [0.2, 0.25) is 0 Å². The molecule has 0 spiro atoms. The van der Waals surface area contributed by atoms with E-state index >= 15 is 0 Å². The van der Waals surface area contributed by atoms with Crippen molar-refractivity contribution in [2.45, 2.75) is 53.4 Å². The van der Waals surface area contributed by atoms with Crippen LogP contribution < -0.4 is 0 Å². The standard InChI is InChI=1S/C17H23N/c1-9-6-11(3)16-14-8-10(2)12(4)13(5)17(14)18-15(16)7-9/h8-9,11,18H,6-7H2,1-5H3. The number of hydrogen-bond acceptors (Lipinski definition) is 0. The van der Waals surface area contributed by atoms with Gasteiger partial charge in [-0.15, -0.1) is 0 Å². The van der Waals surface area contributed by atoms with E-state index in [0.29, 0.717) is 5.92 Å². The lowest BCUT2D eigenvalue weighted by Gasteiger charge is -2.24. The molecule has 0 bridgehead atoms. The van der Waals surface area contributed by atoms with Crippen molar-refractivity contribution in [1.82, 2.24) is 4.98 Å². The summed E-state index contributed by atoms with van der Waals surface area (Å²) in [5.74, 6) is 1.50. The predicted octanol–water partition coefficient (Wildman–Crippen LogP) is 4.78. The lowest BCUT2D eigenvalue weighted by atomic mass is 9.80. The Balaban J connectivity index is 2.35. The van der Waals surface area contributed by atoms with E-state index < -0.39 is 0 Å². The van der Waals surface area contributed by atoms with Crippen molar-refractivity contribution >= 4 is 10.9 Å². The maximum Gasteiger partial charge on any atom is 0.0491 e. The molecule has 0 amide bonds.